The summed E-state index contributed by atoms with van der Waals surface area (Å²) in [6.45, 7) is 4.32. The van der Waals surface area contributed by atoms with Crippen molar-refractivity contribution in [1.82, 2.24) is 9.97 Å². The maximum absolute atomic E-state index is 13.9. The van der Waals surface area contributed by atoms with Crippen molar-refractivity contribution in [3.63, 3.8) is 0 Å². The Morgan fingerprint density at radius 3 is 2.68 bits per heavy atom. The number of rotatable bonds is 4. The third-order valence-electron chi connectivity index (χ3n) is 2.77. The fourth-order valence-electron chi connectivity index (χ4n) is 1.70. The highest BCUT2D eigenvalue weighted by Crippen LogP contribution is 2.25. The molecule has 1 aromatic carbocycles. The molecule has 0 fully saturated rings. The fourth-order valence-corrected chi connectivity index (χ4v) is 1.70. The van der Waals surface area contributed by atoms with Crippen LogP contribution in [0.4, 0.5) is 14.6 Å². The van der Waals surface area contributed by atoms with Crippen LogP contribution in [0.25, 0.3) is 11.3 Å². The number of aryl methyl sites for hydroxylation is 1. The molecule has 0 aliphatic carbocycles. The topological polar surface area (TPSA) is 37.8 Å². The van der Waals surface area contributed by atoms with E-state index in [1.165, 1.54) is 25.4 Å². The Kier molecular flexibility index (Phi) is 4.04. The van der Waals surface area contributed by atoms with E-state index in [4.69, 9.17) is 0 Å². The molecule has 0 saturated carbocycles. The number of aromatic nitrogens is 2. The van der Waals surface area contributed by atoms with Crippen LogP contribution < -0.4 is 5.32 Å². The molecule has 2 aromatic rings. The summed E-state index contributed by atoms with van der Waals surface area (Å²) in [4.78, 5) is 8.03. The van der Waals surface area contributed by atoms with Gasteiger partial charge < -0.3 is 5.32 Å². The van der Waals surface area contributed by atoms with Crippen LogP contribution in [0.15, 0.2) is 24.5 Å². The van der Waals surface area contributed by atoms with Gasteiger partial charge >= 0.3 is 0 Å². The summed E-state index contributed by atoms with van der Waals surface area (Å²) >= 11 is 0. The second kappa shape index (κ2) is 5.73. The molecule has 100 valence electrons. The van der Waals surface area contributed by atoms with Gasteiger partial charge in [0.1, 0.15) is 12.1 Å². The first-order chi connectivity index (χ1) is 9.13. The Morgan fingerprint density at radius 1 is 1.16 bits per heavy atom. The second-order valence-corrected chi connectivity index (χ2v) is 4.27. The van der Waals surface area contributed by atoms with E-state index < -0.39 is 11.6 Å². The molecule has 1 aromatic heterocycles. The first-order valence-electron chi connectivity index (χ1n) is 6.14. The molecule has 5 heteroatoms. The van der Waals surface area contributed by atoms with E-state index in [-0.39, 0.29) is 11.1 Å². The van der Waals surface area contributed by atoms with Gasteiger partial charge in [-0.05, 0) is 25.0 Å². The molecule has 1 heterocycles. The van der Waals surface area contributed by atoms with E-state index in [1.54, 1.807) is 6.07 Å². The van der Waals surface area contributed by atoms with Gasteiger partial charge in [0.15, 0.2) is 11.6 Å². The van der Waals surface area contributed by atoms with Crippen LogP contribution in [0.3, 0.4) is 0 Å². The predicted molar refractivity (Wildman–Crippen MR) is 70.9 cm³/mol. The van der Waals surface area contributed by atoms with Crippen LogP contribution >= 0.6 is 0 Å². The van der Waals surface area contributed by atoms with E-state index >= 15 is 0 Å². The monoisotopic (exact) mass is 263 g/mol. The van der Waals surface area contributed by atoms with E-state index in [0.29, 0.717) is 11.5 Å². The van der Waals surface area contributed by atoms with Crippen LogP contribution in [0, 0.1) is 18.6 Å². The Labute approximate surface area is 110 Å². The van der Waals surface area contributed by atoms with Gasteiger partial charge in [-0.25, -0.2) is 18.7 Å². The molecule has 2 rings (SSSR count). The van der Waals surface area contributed by atoms with E-state index in [2.05, 4.69) is 15.3 Å². The molecule has 0 aliphatic heterocycles. The fraction of sp³-hybridized carbons (Fsp3) is 0.286. The molecule has 0 bridgehead atoms. The lowest BCUT2D eigenvalue weighted by Gasteiger charge is -2.08. The van der Waals surface area contributed by atoms with Crippen LogP contribution in [-0.4, -0.2) is 16.5 Å². The van der Waals surface area contributed by atoms with Crippen molar-refractivity contribution >= 4 is 5.82 Å². The van der Waals surface area contributed by atoms with Crippen LogP contribution in [0.5, 0.6) is 0 Å². The number of benzene rings is 1. The van der Waals surface area contributed by atoms with Crippen molar-refractivity contribution in [2.24, 2.45) is 0 Å². The van der Waals surface area contributed by atoms with E-state index in [9.17, 15) is 8.78 Å². The van der Waals surface area contributed by atoms with Gasteiger partial charge in [-0.3, -0.25) is 0 Å². The third kappa shape index (κ3) is 2.86. The summed E-state index contributed by atoms with van der Waals surface area (Å²) in [7, 11) is 0. The minimum absolute atomic E-state index is 0.144. The average Bonchev–Trinajstić information content (AvgIpc) is 2.43. The highest BCUT2D eigenvalue weighted by molar-refractivity contribution is 5.63. The zero-order valence-electron chi connectivity index (χ0n) is 10.9. The van der Waals surface area contributed by atoms with Gasteiger partial charge in [0.25, 0.3) is 0 Å². The molecule has 0 radical (unpaired) electrons. The van der Waals surface area contributed by atoms with Crippen molar-refractivity contribution in [1.29, 1.82) is 0 Å². The summed E-state index contributed by atoms with van der Waals surface area (Å²) in [5.41, 5.74) is 0.787. The molecule has 0 saturated heterocycles. The summed E-state index contributed by atoms with van der Waals surface area (Å²) in [5, 5.41) is 3.08. The van der Waals surface area contributed by atoms with Crippen molar-refractivity contribution in [2.45, 2.75) is 20.3 Å². The lowest BCUT2D eigenvalue weighted by atomic mass is 10.1. The van der Waals surface area contributed by atoms with Gasteiger partial charge in [-0.1, -0.05) is 13.0 Å². The van der Waals surface area contributed by atoms with Crippen molar-refractivity contribution < 1.29 is 8.78 Å². The molecule has 0 amide bonds. The molecule has 0 unspecified atom stereocenters. The summed E-state index contributed by atoms with van der Waals surface area (Å²) in [6, 6.07) is 4.68. The highest BCUT2D eigenvalue weighted by Gasteiger charge is 2.13. The van der Waals surface area contributed by atoms with Gasteiger partial charge in [-0.15, -0.1) is 0 Å². The second-order valence-electron chi connectivity index (χ2n) is 4.27. The molecule has 0 atom stereocenters. The highest BCUT2D eigenvalue weighted by atomic mass is 19.2. The Hall–Kier alpha value is -2.04. The summed E-state index contributed by atoms with van der Waals surface area (Å²) in [6.07, 6.45) is 2.29. The van der Waals surface area contributed by atoms with Crippen LogP contribution in [-0.2, 0) is 0 Å². The van der Waals surface area contributed by atoms with E-state index in [1.807, 2.05) is 6.92 Å². The molecule has 19 heavy (non-hydrogen) atoms. The maximum atomic E-state index is 13.9. The number of nitrogens with zero attached hydrogens (tertiary/aromatic N) is 2. The zero-order chi connectivity index (χ0) is 13.8. The van der Waals surface area contributed by atoms with Crippen molar-refractivity contribution in [2.75, 3.05) is 11.9 Å². The van der Waals surface area contributed by atoms with E-state index in [0.717, 1.165) is 13.0 Å². The SMILES string of the molecule is CCCNc1cc(-c2ccc(C)c(F)c2F)ncn1. The number of hydrogen-bond donors (Lipinski definition) is 1. The molecule has 0 aliphatic rings. The normalized spacial score (nSPS) is 10.5. The molecule has 0 spiro atoms. The van der Waals surface area contributed by atoms with Gasteiger partial charge in [0, 0.05) is 18.2 Å². The summed E-state index contributed by atoms with van der Waals surface area (Å²) < 4.78 is 27.4. The van der Waals surface area contributed by atoms with Crippen molar-refractivity contribution in [3.8, 4) is 11.3 Å². The smallest absolute Gasteiger partial charge is 0.168 e. The molecule has 1 N–H and O–H groups in total. The standard InChI is InChI=1S/C14H15F2N3/c1-3-6-17-12-7-11(18-8-19-12)10-5-4-9(2)13(15)14(10)16/h4-5,7-8H,3,6H2,1-2H3,(H,17,18,19). The van der Waals surface area contributed by atoms with Gasteiger partial charge in [0.05, 0.1) is 5.69 Å². The quantitative estimate of drug-likeness (QED) is 0.916. The first-order valence-corrected chi connectivity index (χ1v) is 6.14. The lowest BCUT2D eigenvalue weighted by Crippen LogP contribution is -2.03. The number of anilines is 1. The lowest BCUT2D eigenvalue weighted by molar-refractivity contribution is 0.505. The first kappa shape index (κ1) is 13.4. The maximum Gasteiger partial charge on any atom is 0.168 e. The Morgan fingerprint density at radius 2 is 1.95 bits per heavy atom. The number of nitrogens with one attached hydrogen (secondary N) is 1. The largest absolute Gasteiger partial charge is 0.370 e. The van der Waals surface area contributed by atoms with Crippen molar-refractivity contribution in [3.05, 3.63) is 41.7 Å². The van der Waals surface area contributed by atoms with Crippen LogP contribution in [0.1, 0.15) is 18.9 Å². The van der Waals surface area contributed by atoms with Gasteiger partial charge in [0.2, 0.25) is 0 Å². The molecule has 3 nitrogen and oxygen atoms in total. The predicted octanol–water partition coefficient (Wildman–Crippen LogP) is 3.55. The molecular weight excluding hydrogens is 248 g/mol. The zero-order valence-corrected chi connectivity index (χ0v) is 10.9. The minimum Gasteiger partial charge on any atom is -0.370 e. The number of hydrogen-bond acceptors (Lipinski definition) is 3. The Balaban J connectivity index is 2.39. The minimum atomic E-state index is -0.875. The third-order valence-corrected chi connectivity index (χ3v) is 2.77. The average molecular weight is 263 g/mol. The summed E-state index contributed by atoms with van der Waals surface area (Å²) in [5.74, 6) is -1.11. The Bertz CT molecular complexity index is 585. The number of halogens is 2. The molecular formula is C14H15F2N3. The van der Waals surface area contributed by atoms with Crippen LogP contribution in [0.2, 0.25) is 0 Å². The van der Waals surface area contributed by atoms with Gasteiger partial charge in [-0.2, -0.15) is 0 Å².